The average molecular weight is 339 g/mol. The summed E-state index contributed by atoms with van der Waals surface area (Å²) < 4.78 is 0. The summed E-state index contributed by atoms with van der Waals surface area (Å²) in [5.74, 6) is 1.54. The predicted octanol–water partition coefficient (Wildman–Crippen LogP) is 4.41. The SMILES string of the molecule is c1ccc([NH2+]c2nccnc2Nc2ccccc2-c2ccccc2)cc1. The molecule has 26 heavy (non-hydrogen) atoms. The van der Waals surface area contributed by atoms with Crippen LogP contribution in [0, 0.1) is 0 Å². The van der Waals surface area contributed by atoms with Gasteiger partial charge in [0.15, 0.2) is 0 Å². The van der Waals surface area contributed by atoms with Crippen LogP contribution in [0.25, 0.3) is 11.1 Å². The van der Waals surface area contributed by atoms with Crippen LogP contribution >= 0.6 is 0 Å². The lowest BCUT2D eigenvalue weighted by Gasteiger charge is -2.12. The number of aromatic nitrogens is 2. The molecular weight excluding hydrogens is 320 g/mol. The van der Waals surface area contributed by atoms with E-state index >= 15 is 0 Å². The van der Waals surface area contributed by atoms with Crippen molar-refractivity contribution in [2.24, 2.45) is 0 Å². The minimum absolute atomic E-state index is 0.736. The highest BCUT2D eigenvalue weighted by Crippen LogP contribution is 2.30. The smallest absolute Gasteiger partial charge is 0.273 e. The van der Waals surface area contributed by atoms with Crippen LogP contribution in [0.2, 0.25) is 0 Å². The number of quaternary nitrogens is 1. The van der Waals surface area contributed by atoms with E-state index in [1.165, 1.54) is 0 Å². The highest BCUT2D eigenvalue weighted by molar-refractivity contribution is 5.81. The van der Waals surface area contributed by atoms with Crippen LogP contribution in [-0.4, -0.2) is 9.97 Å². The molecule has 0 bridgehead atoms. The number of anilines is 2. The number of rotatable bonds is 5. The van der Waals surface area contributed by atoms with Gasteiger partial charge in [-0.25, -0.2) is 4.98 Å². The highest BCUT2D eigenvalue weighted by Gasteiger charge is 2.13. The zero-order valence-electron chi connectivity index (χ0n) is 14.2. The first-order valence-corrected chi connectivity index (χ1v) is 8.52. The zero-order valence-corrected chi connectivity index (χ0v) is 14.2. The topological polar surface area (TPSA) is 54.4 Å². The summed E-state index contributed by atoms with van der Waals surface area (Å²) in [5.41, 5.74) is 4.38. The lowest BCUT2D eigenvalue weighted by atomic mass is 10.0. The summed E-state index contributed by atoms with van der Waals surface area (Å²) in [6, 6.07) is 28.7. The molecule has 0 aliphatic rings. The lowest BCUT2D eigenvalue weighted by Crippen LogP contribution is -2.71. The molecule has 4 rings (SSSR count). The Labute approximate surface area is 152 Å². The molecule has 3 aromatic carbocycles. The standard InChI is InChI=1S/C22H18N4/c1-3-9-17(10-4-1)19-13-7-8-14-20(19)26-22-21(23-15-16-24-22)25-18-11-5-2-6-12-18/h1-16H,(H,23,25)(H,24,26)/p+1. The number of benzene rings is 3. The summed E-state index contributed by atoms with van der Waals surface area (Å²) in [5, 5.41) is 5.48. The number of hydrogen-bond donors (Lipinski definition) is 2. The number of nitrogens with two attached hydrogens (primary N) is 1. The molecule has 0 saturated heterocycles. The molecule has 0 saturated carbocycles. The second-order valence-corrected chi connectivity index (χ2v) is 5.88. The predicted molar refractivity (Wildman–Crippen MR) is 105 cm³/mol. The zero-order chi connectivity index (χ0) is 17.6. The van der Waals surface area contributed by atoms with Crippen molar-refractivity contribution < 1.29 is 5.32 Å². The van der Waals surface area contributed by atoms with Gasteiger partial charge < -0.3 is 5.32 Å². The van der Waals surface area contributed by atoms with Gasteiger partial charge in [-0.2, -0.15) is 4.98 Å². The van der Waals surface area contributed by atoms with Crippen LogP contribution in [0.5, 0.6) is 0 Å². The molecule has 1 heterocycles. The fourth-order valence-corrected chi connectivity index (χ4v) is 2.85. The quantitative estimate of drug-likeness (QED) is 0.529. The first-order valence-electron chi connectivity index (χ1n) is 8.52. The Morgan fingerprint density at radius 3 is 2.12 bits per heavy atom. The Balaban J connectivity index is 1.67. The van der Waals surface area contributed by atoms with Crippen LogP contribution in [0.1, 0.15) is 0 Å². The van der Waals surface area contributed by atoms with Crippen molar-refractivity contribution >= 4 is 23.0 Å². The average Bonchev–Trinajstić information content (AvgIpc) is 2.71. The van der Waals surface area contributed by atoms with E-state index in [0.717, 1.165) is 34.1 Å². The number of hydrogen-bond acceptors (Lipinski definition) is 3. The monoisotopic (exact) mass is 339 g/mol. The first kappa shape index (κ1) is 16.0. The van der Waals surface area contributed by atoms with Crippen molar-refractivity contribution in [3.05, 3.63) is 97.3 Å². The van der Waals surface area contributed by atoms with Crippen molar-refractivity contribution in [2.45, 2.75) is 0 Å². The third kappa shape index (κ3) is 3.61. The Morgan fingerprint density at radius 1 is 0.654 bits per heavy atom. The molecule has 0 amide bonds. The molecule has 0 radical (unpaired) electrons. The maximum Gasteiger partial charge on any atom is 0.273 e. The van der Waals surface area contributed by atoms with Crippen LogP contribution in [0.4, 0.5) is 23.0 Å². The van der Waals surface area contributed by atoms with E-state index in [0.29, 0.717) is 0 Å². The van der Waals surface area contributed by atoms with Gasteiger partial charge in [0.05, 0.1) is 6.20 Å². The summed E-state index contributed by atoms with van der Waals surface area (Å²) in [4.78, 5) is 8.99. The third-order valence-corrected chi connectivity index (χ3v) is 4.09. The van der Waals surface area contributed by atoms with Crippen molar-refractivity contribution in [1.82, 2.24) is 9.97 Å². The third-order valence-electron chi connectivity index (χ3n) is 4.09. The number of nitrogens with one attached hydrogen (secondary N) is 1. The van der Waals surface area contributed by atoms with Crippen molar-refractivity contribution in [3.8, 4) is 11.1 Å². The van der Waals surface area contributed by atoms with Crippen LogP contribution in [0.3, 0.4) is 0 Å². The Morgan fingerprint density at radius 2 is 1.31 bits per heavy atom. The van der Waals surface area contributed by atoms with Crippen LogP contribution in [-0.2, 0) is 0 Å². The van der Waals surface area contributed by atoms with Gasteiger partial charge in [-0.3, -0.25) is 5.32 Å². The molecule has 1 aromatic heterocycles. The molecule has 4 aromatic rings. The largest absolute Gasteiger partial charge is 0.333 e. The van der Waals surface area contributed by atoms with E-state index in [-0.39, 0.29) is 0 Å². The van der Waals surface area contributed by atoms with Gasteiger partial charge in [0, 0.05) is 17.4 Å². The Bertz CT molecular complexity index is 985. The molecule has 0 aliphatic heterocycles. The van der Waals surface area contributed by atoms with Gasteiger partial charge in [0.1, 0.15) is 5.69 Å². The second kappa shape index (κ2) is 7.59. The van der Waals surface area contributed by atoms with Crippen LogP contribution in [0.15, 0.2) is 97.3 Å². The minimum atomic E-state index is 0.736. The van der Waals surface area contributed by atoms with Crippen molar-refractivity contribution in [3.63, 3.8) is 0 Å². The summed E-state index contributed by atoms with van der Waals surface area (Å²) in [6.45, 7) is 0. The lowest BCUT2D eigenvalue weighted by molar-refractivity contribution is -0.482. The normalized spacial score (nSPS) is 10.5. The molecule has 3 N–H and O–H groups in total. The van der Waals surface area contributed by atoms with Crippen molar-refractivity contribution in [2.75, 3.05) is 5.32 Å². The van der Waals surface area contributed by atoms with Gasteiger partial charge in [-0.15, -0.1) is 0 Å². The fraction of sp³-hybridized carbons (Fsp3) is 0. The first-order chi connectivity index (χ1) is 12.9. The van der Waals surface area contributed by atoms with E-state index in [4.69, 9.17) is 0 Å². The minimum Gasteiger partial charge on any atom is -0.333 e. The van der Waals surface area contributed by atoms with Gasteiger partial charge in [-0.1, -0.05) is 66.7 Å². The van der Waals surface area contributed by atoms with E-state index in [2.05, 4.69) is 51.7 Å². The molecule has 126 valence electrons. The van der Waals surface area contributed by atoms with Gasteiger partial charge in [-0.05, 0) is 23.8 Å². The molecule has 0 aliphatic carbocycles. The Kier molecular flexibility index (Phi) is 4.67. The van der Waals surface area contributed by atoms with E-state index in [9.17, 15) is 0 Å². The maximum atomic E-state index is 4.50. The molecule has 0 atom stereocenters. The van der Waals surface area contributed by atoms with Crippen molar-refractivity contribution in [1.29, 1.82) is 0 Å². The van der Waals surface area contributed by atoms with Crippen LogP contribution < -0.4 is 10.6 Å². The maximum absolute atomic E-state index is 4.50. The Hall–Kier alpha value is -3.50. The van der Waals surface area contributed by atoms with E-state index in [1.807, 2.05) is 53.8 Å². The molecule has 0 spiro atoms. The highest BCUT2D eigenvalue weighted by atomic mass is 15.1. The van der Waals surface area contributed by atoms with Gasteiger partial charge in [0.25, 0.3) is 5.82 Å². The molecule has 0 fully saturated rings. The summed E-state index contributed by atoms with van der Waals surface area (Å²) in [7, 11) is 0. The molecular formula is C22H19N4+. The molecule has 4 nitrogen and oxygen atoms in total. The number of para-hydroxylation sites is 2. The second-order valence-electron chi connectivity index (χ2n) is 5.88. The molecule has 0 unspecified atom stereocenters. The summed E-state index contributed by atoms with van der Waals surface area (Å²) >= 11 is 0. The van der Waals surface area contributed by atoms with E-state index in [1.54, 1.807) is 12.4 Å². The molecule has 4 heteroatoms. The van der Waals surface area contributed by atoms with Gasteiger partial charge in [0.2, 0.25) is 5.82 Å². The summed E-state index contributed by atoms with van der Waals surface area (Å²) in [6.07, 6.45) is 3.42. The number of nitrogens with zero attached hydrogens (tertiary/aromatic N) is 2. The fourth-order valence-electron chi connectivity index (χ4n) is 2.85. The van der Waals surface area contributed by atoms with E-state index < -0.39 is 0 Å². The van der Waals surface area contributed by atoms with Gasteiger partial charge >= 0.3 is 0 Å².